The Balaban J connectivity index is 1.86. The molecule has 24 heavy (non-hydrogen) atoms. The molecule has 0 saturated carbocycles. The minimum atomic E-state index is -0.120. The van der Waals surface area contributed by atoms with E-state index in [-0.39, 0.29) is 23.8 Å². The molecule has 1 fully saturated rings. The Morgan fingerprint density at radius 2 is 2.00 bits per heavy atom. The molecule has 3 rings (SSSR count). The summed E-state index contributed by atoms with van der Waals surface area (Å²) in [6.45, 7) is 2.05. The van der Waals surface area contributed by atoms with Gasteiger partial charge in [-0.15, -0.1) is 0 Å². The zero-order valence-electron chi connectivity index (χ0n) is 13.5. The minimum Gasteiger partial charge on any atom is -0.396 e. The normalized spacial score (nSPS) is 14.5. The second-order valence-corrected chi connectivity index (χ2v) is 6.76. The number of benzene rings is 1. The lowest BCUT2D eigenvalue weighted by atomic mass is 10.2. The van der Waals surface area contributed by atoms with E-state index >= 15 is 0 Å². The zero-order chi connectivity index (χ0) is 16.9. The van der Waals surface area contributed by atoms with Crippen LogP contribution in [0.2, 0.25) is 0 Å². The third-order valence-corrected chi connectivity index (χ3v) is 5.11. The van der Waals surface area contributed by atoms with Gasteiger partial charge in [0.15, 0.2) is 5.16 Å². The molecule has 1 saturated heterocycles. The fraction of sp³-hybridized carbons (Fsp3) is 0.471. The molecule has 0 radical (unpaired) electrons. The van der Waals surface area contributed by atoms with Gasteiger partial charge in [0.2, 0.25) is 5.91 Å². The average Bonchev–Trinajstić information content (AvgIpc) is 3.14. The van der Waals surface area contributed by atoms with E-state index in [0.29, 0.717) is 29.0 Å². The first-order valence-corrected chi connectivity index (χ1v) is 9.20. The van der Waals surface area contributed by atoms with Crippen molar-refractivity contribution < 1.29 is 9.90 Å². The van der Waals surface area contributed by atoms with Crippen molar-refractivity contribution in [3.05, 3.63) is 34.6 Å². The number of carbonyl (C=O) groups excluding carboxylic acids is 1. The van der Waals surface area contributed by atoms with Crippen LogP contribution in [-0.4, -0.2) is 50.9 Å². The summed E-state index contributed by atoms with van der Waals surface area (Å²) in [5.41, 5.74) is 0.518. The van der Waals surface area contributed by atoms with Gasteiger partial charge < -0.3 is 10.0 Å². The van der Waals surface area contributed by atoms with Gasteiger partial charge in [-0.3, -0.25) is 14.2 Å². The lowest BCUT2D eigenvalue weighted by Gasteiger charge is -2.16. The molecule has 2 heterocycles. The zero-order valence-corrected chi connectivity index (χ0v) is 14.3. The Morgan fingerprint density at radius 3 is 2.75 bits per heavy atom. The summed E-state index contributed by atoms with van der Waals surface area (Å²) >= 11 is 1.30. The van der Waals surface area contributed by atoms with E-state index in [1.54, 1.807) is 16.7 Å². The van der Waals surface area contributed by atoms with Crippen LogP contribution in [0.5, 0.6) is 0 Å². The average molecular weight is 347 g/mol. The van der Waals surface area contributed by atoms with Crippen molar-refractivity contribution >= 4 is 28.6 Å². The maximum Gasteiger partial charge on any atom is 0.262 e. The van der Waals surface area contributed by atoms with Crippen LogP contribution in [0.4, 0.5) is 0 Å². The van der Waals surface area contributed by atoms with Crippen molar-refractivity contribution in [3.63, 3.8) is 0 Å². The van der Waals surface area contributed by atoms with Gasteiger partial charge in [-0.1, -0.05) is 23.9 Å². The van der Waals surface area contributed by atoms with Crippen molar-refractivity contribution in [1.82, 2.24) is 14.5 Å². The molecule has 1 aromatic heterocycles. The number of hydrogen-bond acceptors (Lipinski definition) is 5. The van der Waals surface area contributed by atoms with Crippen LogP contribution in [-0.2, 0) is 11.3 Å². The van der Waals surface area contributed by atoms with Gasteiger partial charge in [-0.25, -0.2) is 4.98 Å². The third-order valence-electron chi connectivity index (χ3n) is 4.15. The number of likely N-dealkylation sites (tertiary alicyclic amines) is 1. The molecule has 1 aliphatic rings. The first kappa shape index (κ1) is 17.0. The van der Waals surface area contributed by atoms with Gasteiger partial charge in [0.25, 0.3) is 5.56 Å². The van der Waals surface area contributed by atoms with Crippen molar-refractivity contribution in [2.24, 2.45) is 0 Å². The fourth-order valence-electron chi connectivity index (χ4n) is 2.87. The lowest BCUT2D eigenvalue weighted by Crippen LogP contribution is -2.30. The van der Waals surface area contributed by atoms with E-state index in [1.807, 2.05) is 17.0 Å². The molecule has 0 atom stereocenters. The maximum atomic E-state index is 12.7. The predicted octanol–water partition coefficient (Wildman–Crippen LogP) is 1.49. The highest BCUT2D eigenvalue weighted by Crippen LogP contribution is 2.19. The van der Waals surface area contributed by atoms with Crippen LogP contribution < -0.4 is 5.56 Å². The Kier molecular flexibility index (Phi) is 5.52. The third kappa shape index (κ3) is 3.62. The van der Waals surface area contributed by atoms with E-state index < -0.39 is 0 Å². The molecule has 128 valence electrons. The largest absolute Gasteiger partial charge is 0.396 e. The smallest absolute Gasteiger partial charge is 0.262 e. The van der Waals surface area contributed by atoms with Gasteiger partial charge >= 0.3 is 0 Å². The summed E-state index contributed by atoms with van der Waals surface area (Å²) in [5, 5.41) is 10.2. The van der Waals surface area contributed by atoms with Gasteiger partial charge in [0.1, 0.15) is 0 Å². The van der Waals surface area contributed by atoms with Crippen LogP contribution in [0.1, 0.15) is 19.3 Å². The quantitative estimate of drug-likeness (QED) is 0.633. The SMILES string of the molecule is O=C(CSc1nc2ccccc2c(=O)n1CCCO)N1CCCC1. The van der Waals surface area contributed by atoms with E-state index in [9.17, 15) is 9.59 Å². The Labute approximate surface area is 144 Å². The van der Waals surface area contributed by atoms with Crippen LogP contribution in [0, 0.1) is 0 Å². The maximum absolute atomic E-state index is 12.7. The van der Waals surface area contributed by atoms with E-state index in [1.165, 1.54) is 11.8 Å². The van der Waals surface area contributed by atoms with E-state index in [2.05, 4.69) is 4.98 Å². The topological polar surface area (TPSA) is 75.4 Å². The highest BCUT2D eigenvalue weighted by Gasteiger charge is 2.19. The summed E-state index contributed by atoms with van der Waals surface area (Å²) in [6, 6.07) is 7.21. The summed E-state index contributed by atoms with van der Waals surface area (Å²) in [7, 11) is 0. The Bertz CT molecular complexity index is 784. The fourth-order valence-corrected chi connectivity index (χ4v) is 3.80. The number of fused-ring (bicyclic) bond motifs is 1. The molecule has 1 amide bonds. The molecule has 0 bridgehead atoms. The van der Waals surface area contributed by atoms with Crippen molar-refractivity contribution in [2.45, 2.75) is 31.0 Å². The number of aliphatic hydroxyl groups excluding tert-OH is 1. The molecule has 1 aromatic carbocycles. The number of aromatic nitrogens is 2. The number of para-hydroxylation sites is 1. The number of hydrogen-bond donors (Lipinski definition) is 1. The highest BCUT2D eigenvalue weighted by atomic mass is 32.2. The number of nitrogens with zero attached hydrogens (tertiary/aromatic N) is 3. The number of thioether (sulfide) groups is 1. The van der Waals surface area contributed by atoms with Gasteiger partial charge in [0.05, 0.1) is 16.7 Å². The molecule has 0 spiro atoms. The predicted molar refractivity (Wildman–Crippen MR) is 94.2 cm³/mol. The van der Waals surface area contributed by atoms with Crippen LogP contribution in [0.15, 0.2) is 34.2 Å². The minimum absolute atomic E-state index is 0.0100. The second-order valence-electron chi connectivity index (χ2n) is 5.82. The number of rotatable bonds is 6. The van der Waals surface area contributed by atoms with Crippen molar-refractivity contribution in [3.8, 4) is 0 Å². The summed E-state index contributed by atoms with van der Waals surface area (Å²) in [5.74, 6) is 0.373. The molecule has 0 aliphatic carbocycles. The molecule has 2 aromatic rings. The standard InChI is InChI=1S/C17H21N3O3S/c21-11-5-10-20-16(23)13-6-1-2-7-14(13)18-17(20)24-12-15(22)19-8-3-4-9-19/h1-2,6-7,21H,3-5,8-12H2. The lowest BCUT2D eigenvalue weighted by molar-refractivity contribution is -0.127. The van der Waals surface area contributed by atoms with Gasteiger partial charge in [-0.2, -0.15) is 0 Å². The molecule has 6 nitrogen and oxygen atoms in total. The van der Waals surface area contributed by atoms with Crippen LogP contribution in [0.25, 0.3) is 10.9 Å². The monoisotopic (exact) mass is 347 g/mol. The molecule has 1 aliphatic heterocycles. The number of aliphatic hydroxyl groups is 1. The number of amides is 1. The van der Waals surface area contributed by atoms with Gasteiger partial charge in [-0.05, 0) is 31.4 Å². The van der Waals surface area contributed by atoms with Crippen molar-refractivity contribution in [1.29, 1.82) is 0 Å². The first-order chi connectivity index (χ1) is 11.7. The highest BCUT2D eigenvalue weighted by molar-refractivity contribution is 7.99. The van der Waals surface area contributed by atoms with E-state index in [0.717, 1.165) is 25.9 Å². The summed E-state index contributed by atoms with van der Waals surface area (Å²) in [6.07, 6.45) is 2.60. The molecular formula is C17H21N3O3S. The van der Waals surface area contributed by atoms with Crippen molar-refractivity contribution in [2.75, 3.05) is 25.4 Å². The van der Waals surface area contributed by atoms with E-state index in [4.69, 9.17) is 5.11 Å². The number of carbonyl (C=O) groups is 1. The molecular weight excluding hydrogens is 326 g/mol. The second kappa shape index (κ2) is 7.81. The summed E-state index contributed by atoms with van der Waals surface area (Å²) < 4.78 is 1.57. The molecule has 0 unspecified atom stereocenters. The van der Waals surface area contributed by atoms with Gasteiger partial charge in [0, 0.05) is 26.2 Å². The first-order valence-electron chi connectivity index (χ1n) is 8.21. The Hall–Kier alpha value is -1.86. The molecule has 7 heteroatoms. The summed E-state index contributed by atoms with van der Waals surface area (Å²) in [4.78, 5) is 31.4. The Morgan fingerprint density at radius 1 is 1.25 bits per heavy atom. The molecule has 1 N–H and O–H groups in total. The van der Waals surface area contributed by atoms with Crippen LogP contribution in [0.3, 0.4) is 0 Å². The van der Waals surface area contributed by atoms with Crippen LogP contribution >= 0.6 is 11.8 Å².